The fourth-order valence-electron chi connectivity index (χ4n) is 2.68. The number of benzene rings is 3. The average Bonchev–Trinajstić information content (AvgIpc) is 3.04. The third-order valence-electron chi connectivity index (χ3n) is 4.01. The number of hydrogen-bond donors (Lipinski definition) is 0. The molecule has 25 heavy (non-hydrogen) atoms. The first-order chi connectivity index (χ1) is 12.0. The maximum absolute atomic E-state index is 12.5. The van der Waals surface area contributed by atoms with Crippen LogP contribution in [0, 0.1) is 0 Å². The molecule has 0 unspecified atom stereocenters. The average molecular weight is 356 g/mol. The molecule has 0 aliphatic carbocycles. The second-order valence-corrected chi connectivity index (χ2v) is 7.96. The summed E-state index contributed by atoms with van der Waals surface area (Å²) in [5.74, 6) is 1.26. The van der Waals surface area contributed by atoms with Gasteiger partial charge in [-0.05, 0) is 40.9 Å². The lowest BCUT2D eigenvalue weighted by Gasteiger charge is -2.16. The number of sulfonamides is 1. The number of hydrogen-bond acceptors (Lipinski definition) is 5. The fourth-order valence-corrected chi connectivity index (χ4v) is 3.79. The van der Waals surface area contributed by atoms with E-state index in [1.165, 1.54) is 23.6 Å². The van der Waals surface area contributed by atoms with E-state index in [2.05, 4.69) is 0 Å². The van der Waals surface area contributed by atoms with Gasteiger partial charge in [0.25, 0.3) is 0 Å². The summed E-state index contributed by atoms with van der Waals surface area (Å²) >= 11 is 0. The first-order valence-corrected chi connectivity index (χ1v) is 9.11. The molecule has 0 aromatic heterocycles. The summed E-state index contributed by atoms with van der Waals surface area (Å²) in [5.41, 5.74) is 0.670. The molecular weight excluding hydrogens is 340 g/mol. The molecule has 0 bridgehead atoms. The predicted octanol–water partition coefficient (Wildman–Crippen LogP) is 3.20. The molecule has 0 fully saturated rings. The zero-order chi connectivity index (χ0) is 17.6. The van der Waals surface area contributed by atoms with E-state index in [1.807, 2.05) is 36.4 Å². The van der Waals surface area contributed by atoms with Crippen LogP contribution in [-0.2, 0) is 10.0 Å². The quantitative estimate of drug-likeness (QED) is 0.721. The lowest BCUT2D eigenvalue weighted by atomic mass is 10.1. The lowest BCUT2D eigenvalue weighted by Crippen LogP contribution is -2.25. The van der Waals surface area contributed by atoms with Gasteiger partial charge in [0, 0.05) is 19.5 Å². The Kier molecular flexibility index (Phi) is 3.55. The first-order valence-electron chi connectivity index (χ1n) is 7.67. The third-order valence-corrected chi connectivity index (χ3v) is 5.88. The summed E-state index contributed by atoms with van der Waals surface area (Å²) in [4.78, 5) is 11.6. The van der Waals surface area contributed by atoms with Crippen molar-refractivity contribution in [2.45, 2.75) is 4.90 Å². The SMILES string of the molecule is CN(C)S(=O)(=O)c1cccc2cc(N3Oc4ccccc4O3)ccc12. The second kappa shape index (κ2) is 5.65. The van der Waals surface area contributed by atoms with E-state index in [1.54, 1.807) is 24.3 Å². The minimum atomic E-state index is -3.52. The molecule has 0 amide bonds. The van der Waals surface area contributed by atoms with Crippen molar-refractivity contribution in [2.24, 2.45) is 0 Å². The Morgan fingerprint density at radius 1 is 0.880 bits per heavy atom. The standard InChI is InChI=1S/C18H16N2O4S/c1-19(2)25(21,22)18-9-5-6-13-12-14(10-11-15(13)18)20-23-16-7-3-4-8-17(16)24-20/h3-12H,1-2H3. The van der Waals surface area contributed by atoms with Crippen molar-refractivity contribution in [3.8, 4) is 11.5 Å². The normalized spacial score (nSPS) is 13.6. The summed E-state index contributed by atoms with van der Waals surface area (Å²) in [6, 6.07) is 17.9. The van der Waals surface area contributed by atoms with Gasteiger partial charge >= 0.3 is 0 Å². The topological polar surface area (TPSA) is 59.1 Å². The van der Waals surface area contributed by atoms with Gasteiger partial charge in [0.2, 0.25) is 21.5 Å². The van der Waals surface area contributed by atoms with Crippen LogP contribution >= 0.6 is 0 Å². The van der Waals surface area contributed by atoms with Crippen molar-refractivity contribution in [2.75, 3.05) is 19.3 Å². The molecule has 0 spiro atoms. The van der Waals surface area contributed by atoms with Gasteiger partial charge in [-0.3, -0.25) is 0 Å². The van der Waals surface area contributed by atoms with Crippen molar-refractivity contribution < 1.29 is 18.1 Å². The van der Waals surface area contributed by atoms with Crippen molar-refractivity contribution in [1.82, 2.24) is 4.31 Å². The monoisotopic (exact) mass is 356 g/mol. The molecule has 1 heterocycles. The number of anilines is 1. The van der Waals surface area contributed by atoms with Crippen LogP contribution in [0.4, 0.5) is 5.69 Å². The Balaban J connectivity index is 1.76. The Morgan fingerprint density at radius 3 is 2.20 bits per heavy atom. The van der Waals surface area contributed by atoms with Crippen LogP contribution < -0.4 is 14.9 Å². The molecule has 4 rings (SSSR count). The molecule has 128 valence electrons. The number of rotatable bonds is 3. The van der Waals surface area contributed by atoms with E-state index in [0.717, 1.165) is 5.39 Å². The number of para-hydroxylation sites is 2. The van der Waals surface area contributed by atoms with Gasteiger partial charge in [0.05, 0.1) is 4.90 Å². The molecule has 6 nitrogen and oxygen atoms in total. The highest BCUT2D eigenvalue weighted by atomic mass is 32.2. The van der Waals surface area contributed by atoms with Crippen molar-refractivity contribution in [1.29, 1.82) is 0 Å². The number of nitrogens with zero attached hydrogens (tertiary/aromatic N) is 2. The van der Waals surface area contributed by atoms with Crippen LogP contribution in [0.1, 0.15) is 0 Å². The van der Waals surface area contributed by atoms with Crippen LogP contribution in [0.2, 0.25) is 0 Å². The van der Waals surface area contributed by atoms with Gasteiger partial charge in [-0.25, -0.2) is 12.7 Å². The molecule has 3 aromatic rings. The zero-order valence-corrected chi connectivity index (χ0v) is 14.5. The summed E-state index contributed by atoms with van der Waals surface area (Å²) in [7, 11) is -0.483. The summed E-state index contributed by atoms with van der Waals surface area (Å²) in [6.45, 7) is 0. The van der Waals surface area contributed by atoms with Gasteiger partial charge in [-0.2, -0.15) is 0 Å². The predicted molar refractivity (Wildman–Crippen MR) is 95.0 cm³/mol. The zero-order valence-electron chi connectivity index (χ0n) is 13.7. The Labute approximate surface area is 145 Å². The van der Waals surface area contributed by atoms with E-state index in [0.29, 0.717) is 22.6 Å². The Morgan fingerprint density at radius 2 is 1.56 bits per heavy atom. The lowest BCUT2D eigenvalue weighted by molar-refractivity contribution is 0.123. The molecule has 0 N–H and O–H groups in total. The van der Waals surface area contributed by atoms with Crippen molar-refractivity contribution >= 4 is 26.5 Å². The second-order valence-electron chi connectivity index (χ2n) is 5.84. The highest BCUT2D eigenvalue weighted by Crippen LogP contribution is 2.37. The first kappa shape index (κ1) is 15.7. The summed E-state index contributed by atoms with van der Waals surface area (Å²) in [5, 5.41) is 2.75. The molecule has 1 aliphatic heterocycles. The minimum Gasteiger partial charge on any atom is -0.341 e. The molecule has 3 aromatic carbocycles. The molecular formula is C18H16N2O4S. The van der Waals surface area contributed by atoms with E-state index in [-0.39, 0.29) is 4.90 Å². The Bertz CT molecular complexity index is 1040. The van der Waals surface area contributed by atoms with Gasteiger partial charge in [0.1, 0.15) is 5.69 Å². The van der Waals surface area contributed by atoms with Crippen LogP contribution in [0.15, 0.2) is 65.6 Å². The van der Waals surface area contributed by atoms with Crippen LogP contribution in [0.25, 0.3) is 10.8 Å². The maximum Gasteiger partial charge on any atom is 0.243 e. The van der Waals surface area contributed by atoms with Gasteiger partial charge in [-0.15, -0.1) is 0 Å². The van der Waals surface area contributed by atoms with Gasteiger partial charge < -0.3 is 9.68 Å². The van der Waals surface area contributed by atoms with E-state index >= 15 is 0 Å². The maximum atomic E-state index is 12.5. The van der Waals surface area contributed by atoms with Crippen molar-refractivity contribution in [3.05, 3.63) is 60.7 Å². The van der Waals surface area contributed by atoms with Gasteiger partial charge in [-0.1, -0.05) is 30.3 Å². The van der Waals surface area contributed by atoms with E-state index in [4.69, 9.17) is 9.68 Å². The highest BCUT2D eigenvalue weighted by molar-refractivity contribution is 7.89. The van der Waals surface area contributed by atoms with E-state index < -0.39 is 10.0 Å². The van der Waals surface area contributed by atoms with Crippen LogP contribution in [0.3, 0.4) is 0 Å². The van der Waals surface area contributed by atoms with Crippen LogP contribution in [-0.4, -0.2) is 26.8 Å². The number of fused-ring (bicyclic) bond motifs is 2. The highest BCUT2D eigenvalue weighted by Gasteiger charge is 2.24. The fraction of sp³-hybridized carbons (Fsp3) is 0.111. The van der Waals surface area contributed by atoms with Crippen LogP contribution in [0.5, 0.6) is 11.5 Å². The third kappa shape index (κ3) is 2.57. The summed E-state index contributed by atoms with van der Waals surface area (Å²) < 4.78 is 26.2. The molecule has 0 atom stereocenters. The smallest absolute Gasteiger partial charge is 0.243 e. The van der Waals surface area contributed by atoms with Gasteiger partial charge in [0.15, 0.2) is 0 Å². The molecule has 0 saturated carbocycles. The molecule has 7 heteroatoms. The van der Waals surface area contributed by atoms with E-state index in [9.17, 15) is 8.42 Å². The summed E-state index contributed by atoms with van der Waals surface area (Å²) in [6.07, 6.45) is 0. The largest absolute Gasteiger partial charge is 0.341 e. The molecule has 0 saturated heterocycles. The molecule has 0 radical (unpaired) electrons. The molecule has 1 aliphatic rings. The van der Waals surface area contributed by atoms with Crippen molar-refractivity contribution in [3.63, 3.8) is 0 Å². The Hall–Kier alpha value is -2.77. The minimum absolute atomic E-state index is 0.271.